The highest BCUT2D eigenvalue weighted by Gasteiger charge is 2.51. The third-order valence-corrected chi connectivity index (χ3v) is 5.86. The van der Waals surface area contributed by atoms with Gasteiger partial charge in [-0.1, -0.05) is 6.07 Å². The molecule has 0 unspecified atom stereocenters. The number of hydrogen-bond acceptors (Lipinski definition) is 4. The molecule has 10 heteroatoms. The van der Waals surface area contributed by atoms with Gasteiger partial charge in [-0.05, 0) is 48.9 Å². The first-order valence-electron chi connectivity index (χ1n) is 9.86. The maximum absolute atomic E-state index is 12.8. The van der Waals surface area contributed by atoms with Crippen molar-refractivity contribution in [1.82, 2.24) is 9.88 Å². The zero-order valence-electron chi connectivity index (χ0n) is 16.6. The second-order valence-corrected chi connectivity index (χ2v) is 8.18. The number of primary amides is 1. The zero-order chi connectivity index (χ0) is 22.2. The summed E-state index contributed by atoms with van der Waals surface area (Å²) in [5, 5.41) is 0. The van der Waals surface area contributed by atoms with E-state index in [4.69, 9.17) is 15.2 Å². The molecule has 31 heavy (non-hydrogen) atoms. The number of nitrogens with one attached hydrogen (secondary N) is 1. The van der Waals surface area contributed by atoms with E-state index in [1.807, 2.05) is 0 Å². The van der Waals surface area contributed by atoms with E-state index in [9.17, 15) is 22.8 Å². The van der Waals surface area contributed by atoms with Crippen molar-refractivity contribution in [2.45, 2.75) is 38.1 Å². The van der Waals surface area contributed by atoms with E-state index in [-0.39, 0.29) is 23.9 Å². The highest BCUT2D eigenvalue weighted by molar-refractivity contribution is 5.92. The lowest BCUT2D eigenvalue weighted by molar-refractivity contribution is -0.137. The predicted molar refractivity (Wildman–Crippen MR) is 103 cm³/mol. The molecule has 2 heterocycles. The van der Waals surface area contributed by atoms with Crippen molar-refractivity contribution in [2.24, 2.45) is 11.1 Å². The quantitative estimate of drug-likeness (QED) is 0.745. The first-order valence-corrected chi connectivity index (χ1v) is 9.86. The average molecular weight is 437 g/mol. The molecule has 166 valence electrons. The molecule has 7 nitrogen and oxygen atoms in total. The molecule has 1 saturated carbocycles. The molecule has 1 saturated heterocycles. The Morgan fingerprint density at radius 2 is 2.03 bits per heavy atom. The highest BCUT2D eigenvalue weighted by Crippen LogP contribution is 2.49. The van der Waals surface area contributed by atoms with E-state index in [1.165, 1.54) is 24.4 Å². The summed E-state index contributed by atoms with van der Waals surface area (Å²) in [7, 11) is 0. The fourth-order valence-corrected chi connectivity index (χ4v) is 4.25. The Hall–Kier alpha value is -3.17. The number of aromatic amines is 1. The molecule has 1 aliphatic heterocycles. The maximum Gasteiger partial charge on any atom is 0.416 e. The number of nitrogens with two attached hydrogens (primary N) is 1. The number of rotatable bonds is 5. The van der Waals surface area contributed by atoms with Gasteiger partial charge < -0.3 is 25.1 Å². The number of H-pyrrole nitrogens is 1. The molecular weight excluding hydrogens is 415 g/mol. The lowest BCUT2D eigenvalue weighted by Gasteiger charge is -2.44. The van der Waals surface area contributed by atoms with Gasteiger partial charge in [0, 0.05) is 19.3 Å². The van der Waals surface area contributed by atoms with Crippen LogP contribution in [0, 0.1) is 5.41 Å². The highest BCUT2D eigenvalue weighted by atomic mass is 19.4. The minimum atomic E-state index is -4.41. The summed E-state index contributed by atoms with van der Waals surface area (Å²) in [6.45, 7) is 1.06. The van der Waals surface area contributed by atoms with Crippen LogP contribution in [0.3, 0.4) is 0 Å². The van der Waals surface area contributed by atoms with Crippen LogP contribution in [0.4, 0.5) is 18.0 Å². The van der Waals surface area contributed by atoms with Crippen LogP contribution in [0.2, 0.25) is 0 Å². The Balaban J connectivity index is 1.25. The van der Waals surface area contributed by atoms with Crippen molar-refractivity contribution in [3.8, 4) is 5.75 Å². The van der Waals surface area contributed by atoms with Gasteiger partial charge in [-0.25, -0.2) is 4.79 Å². The van der Waals surface area contributed by atoms with Gasteiger partial charge >= 0.3 is 12.3 Å². The van der Waals surface area contributed by atoms with Gasteiger partial charge in [0.25, 0.3) is 0 Å². The number of alkyl halides is 3. The van der Waals surface area contributed by atoms with Crippen molar-refractivity contribution in [3.63, 3.8) is 0 Å². The van der Waals surface area contributed by atoms with Crippen LogP contribution in [0.15, 0.2) is 36.5 Å². The number of hydrogen-bond donors (Lipinski definition) is 2. The summed E-state index contributed by atoms with van der Waals surface area (Å²) >= 11 is 0. The molecule has 1 aliphatic carbocycles. The normalized spacial score (nSPS) is 22.9. The molecule has 1 spiro atoms. The van der Waals surface area contributed by atoms with Crippen molar-refractivity contribution in [1.29, 1.82) is 0 Å². The monoisotopic (exact) mass is 437 g/mol. The van der Waals surface area contributed by atoms with Gasteiger partial charge in [-0.2, -0.15) is 13.2 Å². The van der Waals surface area contributed by atoms with Gasteiger partial charge in [-0.3, -0.25) is 4.79 Å². The molecular formula is C21H22F3N3O4. The zero-order valence-corrected chi connectivity index (χ0v) is 16.6. The third kappa shape index (κ3) is 4.62. The standard InChI is InChI=1S/C21H22F3N3O4/c22-21(23,24)14-2-1-3-16(7-14)31-17-8-20(9-17)4-5-27(12-20)19(29)30-11-15-6-13(10-26-15)18(25)28/h1-3,6-7,10,17,26H,4-5,8-9,11-12H2,(H2,25,28). The molecule has 2 aliphatic rings. The lowest BCUT2D eigenvalue weighted by atomic mass is 9.66. The minimum absolute atomic E-state index is 0.00308. The summed E-state index contributed by atoms with van der Waals surface area (Å²) < 4.78 is 49.5. The lowest BCUT2D eigenvalue weighted by Crippen LogP contribution is -2.46. The van der Waals surface area contributed by atoms with Crippen LogP contribution >= 0.6 is 0 Å². The molecule has 4 rings (SSSR count). The molecule has 3 N–H and O–H groups in total. The smallest absolute Gasteiger partial charge is 0.416 e. The summed E-state index contributed by atoms with van der Waals surface area (Å²) in [4.78, 5) is 27.9. The Morgan fingerprint density at radius 3 is 2.71 bits per heavy atom. The van der Waals surface area contributed by atoms with Crippen LogP contribution < -0.4 is 10.5 Å². The second kappa shape index (κ2) is 7.82. The summed E-state index contributed by atoms with van der Waals surface area (Å²) in [5.74, 6) is -0.368. The minimum Gasteiger partial charge on any atom is -0.490 e. The molecule has 1 aromatic carbocycles. The van der Waals surface area contributed by atoms with Gasteiger partial charge in [0.1, 0.15) is 12.4 Å². The number of aromatic nitrogens is 1. The van der Waals surface area contributed by atoms with Crippen LogP contribution in [-0.2, 0) is 17.5 Å². The number of likely N-dealkylation sites (tertiary alicyclic amines) is 1. The SMILES string of the molecule is NC(=O)c1c[nH]c(COC(=O)N2CCC3(CC(Oc4cccc(C(F)(F)F)c4)C3)C2)c1. The predicted octanol–water partition coefficient (Wildman–Crippen LogP) is 3.70. The van der Waals surface area contributed by atoms with E-state index in [0.29, 0.717) is 37.2 Å². The number of carbonyl (C=O) groups is 2. The summed E-state index contributed by atoms with van der Waals surface area (Å²) in [5.41, 5.74) is 5.24. The van der Waals surface area contributed by atoms with Crippen molar-refractivity contribution in [2.75, 3.05) is 13.1 Å². The fraction of sp³-hybridized carbons (Fsp3) is 0.429. The fourth-order valence-electron chi connectivity index (χ4n) is 4.25. The Labute approximate surface area is 176 Å². The Kier molecular flexibility index (Phi) is 5.32. The number of halogens is 3. The van der Waals surface area contributed by atoms with Crippen LogP contribution in [0.1, 0.15) is 40.9 Å². The average Bonchev–Trinajstić information content (AvgIpc) is 3.33. The largest absolute Gasteiger partial charge is 0.490 e. The molecule has 2 fully saturated rings. The number of nitrogens with zero attached hydrogens (tertiary/aromatic N) is 1. The van der Waals surface area contributed by atoms with Gasteiger partial charge in [0.2, 0.25) is 5.91 Å². The maximum atomic E-state index is 12.8. The van der Waals surface area contributed by atoms with E-state index < -0.39 is 23.7 Å². The number of benzene rings is 1. The van der Waals surface area contributed by atoms with Gasteiger partial charge in [-0.15, -0.1) is 0 Å². The van der Waals surface area contributed by atoms with Gasteiger partial charge in [0.05, 0.1) is 22.9 Å². The molecule has 0 bridgehead atoms. The second-order valence-electron chi connectivity index (χ2n) is 8.18. The molecule has 2 aromatic rings. The van der Waals surface area contributed by atoms with Crippen molar-refractivity contribution < 1.29 is 32.2 Å². The van der Waals surface area contributed by atoms with Crippen LogP contribution in [0.25, 0.3) is 0 Å². The molecule has 0 radical (unpaired) electrons. The van der Waals surface area contributed by atoms with E-state index >= 15 is 0 Å². The third-order valence-electron chi connectivity index (χ3n) is 5.86. The van der Waals surface area contributed by atoms with E-state index in [2.05, 4.69) is 4.98 Å². The number of ether oxygens (including phenoxy) is 2. The van der Waals surface area contributed by atoms with Gasteiger partial charge in [0.15, 0.2) is 0 Å². The number of carbonyl (C=O) groups excluding carboxylic acids is 2. The Bertz CT molecular complexity index is 982. The van der Waals surface area contributed by atoms with Crippen LogP contribution in [0.5, 0.6) is 5.75 Å². The topological polar surface area (TPSA) is 97.7 Å². The Morgan fingerprint density at radius 1 is 1.26 bits per heavy atom. The van der Waals surface area contributed by atoms with E-state index in [1.54, 1.807) is 4.90 Å². The summed E-state index contributed by atoms with van der Waals surface area (Å²) in [6.07, 6.45) is -1.45. The molecule has 0 atom stereocenters. The van der Waals surface area contributed by atoms with E-state index in [0.717, 1.165) is 18.6 Å². The molecule has 2 amide bonds. The molecule has 1 aromatic heterocycles. The van der Waals surface area contributed by atoms with Crippen LogP contribution in [-0.4, -0.2) is 41.1 Å². The van der Waals surface area contributed by atoms with Crippen molar-refractivity contribution >= 4 is 12.0 Å². The summed E-state index contributed by atoms with van der Waals surface area (Å²) in [6, 6.07) is 6.40. The first kappa shape index (κ1) is 21.1. The van der Waals surface area contributed by atoms with Crippen molar-refractivity contribution in [3.05, 3.63) is 53.3 Å². The first-order chi connectivity index (χ1) is 14.6. The number of amides is 2.